The Kier molecular flexibility index (Phi) is 6.83. The predicted octanol–water partition coefficient (Wildman–Crippen LogP) is 4.85. The Balaban J connectivity index is 1.34. The van der Waals surface area contributed by atoms with E-state index < -0.39 is 17.7 Å². The molecule has 5 rings (SSSR count). The summed E-state index contributed by atoms with van der Waals surface area (Å²) >= 11 is 1.26. The number of rotatable bonds is 8. The van der Waals surface area contributed by atoms with Crippen LogP contribution in [-0.4, -0.2) is 44.1 Å². The zero-order valence-electron chi connectivity index (χ0n) is 19.1. The van der Waals surface area contributed by atoms with Crippen LogP contribution >= 0.6 is 11.8 Å². The summed E-state index contributed by atoms with van der Waals surface area (Å²) in [5.41, 5.74) is 2.17. The van der Waals surface area contributed by atoms with E-state index in [-0.39, 0.29) is 23.3 Å². The molecule has 35 heavy (non-hydrogen) atoms. The van der Waals surface area contributed by atoms with Gasteiger partial charge in [0.2, 0.25) is 5.91 Å². The van der Waals surface area contributed by atoms with Gasteiger partial charge in [0.25, 0.3) is 0 Å². The minimum absolute atomic E-state index is 0.0598. The summed E-state index contributed by atoms with van der Waals surface area (Å²) in [5.74, 6) is -0.846. The number of hydrogen-bond acceptors (Lipinski definition) is 5. The van der Waals surface area contributed by atoms with E-state index in [1.165, 1.54) is 23.9 Å². The van der Waals surface area contributed by atoms with E-state index in [9.17, 15) is 13.6 Å². The largest absolute Gasteiger partial charge is 0.376 e. The fourth-order valence-electron chi connectivity index (χ4n) is 4.35. The van der Waals surface area contributed by atoms with Gasteiger partial charge in [0.1, 0.15) is 11.6 Å². The van der Waals surface area contributed by atoms with E-state index in [2.05, 4.69) is 20.5 Å². The average molecular weight is 498 g/mol. The molecule has 7 nitrogen and oxygen atoms in total. The third-order valence-electron chi connectivity index (χ3n) is 6.10. The highest BCUT2D eigenvalue weighted by Crippen LogP contribution is 2.31. The quantitative estimate of drug-likeness (QED) is 0.340. The number of carbonyl (C=O) groups excluding carboxylic acids is 1. The van der Waals surface area contributed by atoms with E-state index in [0.29, 0.717) is 17.5 Å². The monoisotopic (exact) mass is 497 g/mol. The van der Waals surface area contributed by atoms with Gasteiger partial charge in [-0.3, -0.25) is 9.36 Å². The van der Waals surface area contributed by atoms with Gasteiger partial charge in [-0.25, -0.2) is 8.78 Å². The Labute approximate surface area is 205 Å². The molecule has 3 heterocycles. The molecule has 182 valence electrons. The Bertz CT molecular complexity index is 1350. The second-order valence-corrected chi connectivity index (χ2v) is 9.49. The molecular weight excluding hydrogens is 472 g/mol. The molecular formula is C25H25F2N5O2S. The molecule has 0 spiro atoms. The minimum atomic E-state index is -0.690. The fourth-order valence-corrected chi connectivity index (χ4v) is 5.11. The number of amides is 1. The standard InChI is InChI=1S/C25H25F2N5O2S/c1-15(18-9-8-16(26)11-21(18)27)29-23(33)14-35-25-31-30-24(32(25)13-17-5-4-10-34-17)20-12-28-22-7-3-2-6-19(20)22/h2-3,6-9,11-12,15,17,28H,4-5,10,13-14H2,1H3,(H,29,33). The number of benzene rings is 2. The molecule has 1 aliphatic rings. The summed E-state index contributed by atoms with van der Waals surface area (Å²) in [6.07, 6.45) is 3.94. The average Bonchev–Trinajstić information content (AvgIpc) is 3.58. The Morgan fingerprint density at radius 1 is 1.29 bits per heavy atom. The van der Waals surface area contributed by atoms with E-state index in [4.69, 9.17) is 4.74 Å². The SMILES string of the molecule is CC(NC(=O)CSc1nnc(-c2c[nH]c3ccccc23)n1CC1CCCO1)c1ccc(F)cc1F. The number of nitrogens with zero attached hydrogens (tertiary/aromatic N) is 3. The summed E-state index contributed by atoms with van der Waals surface area (Å²) < 4.78 is 35.1. The molecule has 1 amide bonds. The number of ether oxygens (including phenoxy) is 1. The first-order valence-corrected chi connectivity index (χ1v) is 12.5. The summed E-state index contributed by atoms with van der Waals surface area (Å²) in [4.78, 5) is 15.9. The molecule has 1 fully saturated rings. The van der Waals surface area contributed by atoms with Gasteiger partial charge >= 0.3 is 0 Å². The maximum Gasteiger partial charge on any atom is 0.230 e. The van der Waals surface area contributed by atoms with Crippen molar-refractivity contribution in [3.05, 3.63) is 65.9 Å². The van der Waals surface area contributed by atoms with Crippen molar-refractivity contribution in [1.29, 1.82) is 0 Å². The first kappa shape index (κ1) is 23.5. The third kappa shape index (κ3) is 5.08. The first-order valence-electron chi connectivity index (χ1n) is 11.5. The van der Waals surface area contributed by atoms with Crippen molar-refractivity contribution < 1.29 is 18.3 Å². The van der Waals surface area contributed by atoms with Crippen molar-refractivity contribution >= 4 is 28.6 Å². The number of halogens is 2. The maximum atomic E-state index is 14.1. The molecule has 10 heteroatoms. The number of carbonyl (C=O) groups is 1. The summed E-state index contributed by atoms with van der Waals surface area (Å²) in [6.45, 7) is 2.98. The highest BCUT2D eigenvalue weighted by atomic mass is 32.2. The van der Waals surface area contributed by atoms with Crippen molar-refractivity contribution in [3.8, 4) is 11.4 Å². The van der Waals surface area contributed by atoms with Gasteiger partial charge in [-0.1, -0.05) is 36.0 Å². The number of fused-ring (bicyclic) bond motifs is 1. The normalized spacial score (nSPS) is 16.6. The summed E-state index contributed by atoms with van der Waals surface area (Å²) in [7, 11) is 0. The lowest BCUT2D eigenvalue weighted by Crippen LogP contribution is -2.29. The number of thioether (sulfide) groups is 1. The first-order chi connectivity index (χ1) is 17.0. The molecule has 2 aromatic heterocycles. The Hall–Kier alpha value is -3.24. The fraction of sp³-hybridized carbons (Fsp3) is 0.320. The van der Waals surface area contributed by atoms with Crippen LogP contribution in [0.25, 0.3) is 22.3 Å². The van der Waals surface area contributed by atoms with Gasteiger partial charge in [-0.2, -0.15) is 0 Å². The molecule has 2 N–H and O–H groups in total. The zero-order chi connectivity index (χ0) is 24.4. The van der Waals surface area contributed by atoms with Gasteiger partial charge in [-0.05, 0) is 31.9 Å². The highest BCUT2D eigenvalue weighted by Gasteiger charge is 2.24. The van der Waals surface area contributed by atoms with Crippen LogP contribution in [0.4, 0.5) is 8.78 Å². The van der Waals surface area contributed by atoms with Gasteiger partial charge in [-0.15, -0.1) is 10.2 Å². The van der Waals surface area contributed by atoms with Crippen molar-refractivity contribution in [2.24, 2.45) is 0 Å². The molecule has 0 radical (unpaired) electrons. The van der Waals surface area contributed by atoms with Gasteiger partial charge in [0.05, 0.1) is 24.4 Å². The van der Waals surface area contributed by atoms with Crippen molar-refractivity contribution in [2.45, 2.75) is 43.6 Å². The molecule has 1 aliphatic heterocycles. The topological polar surface area (TPSA) is 84.8 Å². The molecule has 0 bridgehead atoms. The highest BCUT2D eigenvalue weighted by molar-refractivity contribution is 7.99. The second kappa shape index (κ2) is 10.2. The molecule has 2 unspecified atom stereocenters. The molecule has 1 saturated heterocycles. The van der Waals surface area contributed by atoms with Crippen LogP contribution in [0.3, 0.4) is 0 Å². The Morgan fingerprint density at radius 3 is 2.94 bits per heavy atom. The number of para-hydroxylation sites is 1. The van der Waals surface area contributed by atoms with Crippen LogP contribution in [0.2, 0.25) is 0 Å². The predicted molar refractivity (Wildman–Crippen MR) is 130 cm³/mol. The molecule has 0 saturated carbocycles. The minimum Gasteiger partial charge on any atom is -0.376 e. The second-order valence-electron chi connectivity index (χ2n) is 8.54. The zero-order valence-corrected chi connectivity index (χ0v) is 19.9. The van der Waals surface area contributed by atoms with Crippen molar-refractivity contribution in [2.75, 3.05) is 12.4 Å². The van der Waals surface area contributed by atoms with Gasteiger partial charge in [0, 0.05) is 40.9 Å². The van der Waals surface area contributed by atoms with Crippen LogP contribution in [0.5, 0.6) is 0 Å². The number of aromatic amines is 1. The molecule has 2 aromatic carbocycles. The van der Waals surface area contributed by atoms with Crippen LogP contribution in [-0.2, 0) is 16.1 Å². The smallest absolute Gasteiger partial charge is 0.230 e. The molecule has 0 aliphatic carbocycles. The lowest BCUT2D eigenvalue weighted by molar-refractivity contribution is -0.119. The van der Waals surface area contributed by atoms with E-state index in [1.54, 1.807) is 6.92 Å². The number of aromatic nitrogens is 4. The van der Waals surface area contributed by atoms with E-state index >= 15 is 0 Å². The van der Waals surface area contributed by atoms with Crippen molar-refractivity contribution in [1.82, 2.24) is 25.1 Å². The van der Waals surface area contributed by atoms with Gasteiger partial charge in [0.15, 0.2) is 11.0 Å². The van der Waals surface area contributed by atoms with Crippen LogP contribution < -0.4 is 5.32 Å². The van der Waals surface area contributed by atoms with Crippen molar-refractivity contribution in [3.63, 3.8) is 0 Å². The Morgan fingerprint density at radius 2 is 2.14 bits per heavy atom. The number of hydrogen-bond donors (Lipinski definition) is 2. The van der Waals surface area contributed by atoms with Gasteiger partial charge < -0.3 is 15.0 Å². The molecule has 2 atom stereocenters. The van der Waals surface area contributed by atoms with Crippen LogP contribution in [0, 0.1) is 11.6 Å². The van der Waals surface area contributed by atoms with E-state index in [1.807, 2.05) is 35.0 Å². The number of H-pyrrole nitrogens is 1. The van der Waals surface area contributed by atoms with Crippen LogP contribution in [0.15, 0.2) is 53.8 Å². The van der Waals surface area contributed by atoms with E-state index in [0.717, 1.165) is 42.0 Å². The summed E-state index contributed by atoms with van der Waals surface area (Å²) in [5, 5.41) is 13.3. The molecule has 4 aromatic rings. The number of nitrogens with one attached hydrogen (secondary N) is 2. The van der Waals surface area contributed by atoms with Crippen LogP contribution in [0.1, 0.15) is 31.4 Å². The lowest BCUT2D eigenvalue weighted by Gasteiger charge is -2.16. The maximum absolute atomic E-state index is 14.1. The summed E-state index contributed by atoms with van der Waals surface area (Å²) in [6, 6.07) is 10.7. The lowest BCUT2D eigenvalue weighted by atomic mass is 10.1. The third-order valence-corrected chi connectivity index (χ3v) is 7.06.